The number of ether oxygens (including phenoxy) is 1. The number of nitrogens with one attached hydrogen (secondary N) is 1. The van der Waals surface area contributed by atoms with Gasteiger partial charge in [-0.25, -0.2) is 0 Å². The summed E-state index contributed by atoms with van der Waals surface area (Å²) in [6, 6.07) is 6.13. The minimum absolute atomic E-state index is 0.0394. The molecule has 1 N–H and O–H groups in total. The molecule has 0 aromatic heterocycles. The van der Waals surface area contributed by atoms with Crippen LogP contribution in [0.4, 0.5) is 14.5 Å². The van der Waals surface area contributed by atoms with Crippen LogP contribution in [0.5, 0.6) is 5.75 Å². The Morgan fingerprint density at radius 1 is 1.07 bits per heavy atom. The molecule has 0 atom stereocenters. The maximum Gasteiger partial charge on any atom is 0.387 e. The highest BCUT2D eigenvalue weighted by atomic mass is 19.3. The first-order chi connectivity index (χ1) is 13.5. The van der Waals surface area contributed by atoms with E-state index in [0.29, 0.717) is 13.1 Å². The third-order valence-corrected chi connectivity index (χ3v) is 5.35. The molecule has 2 saturated heterocycles. The van der Waals surface area contributed by atoms with Gasteiger partial charge in [0.1, 0.15) is 5.75 Å². The number of piperidine rings is 2. The molecule has 6 nitrogen and oxygen atoms in total. The van der Waals surface area contributed by atoms with E-state index in [1.807, 2.05) is 9.80 Å². The van der Waals surface area contributed by atoms with Crippen LogP contribution < -0.4 is 10.1 Å². The van der Waals surface area contributed by atoms with Gasteiger partial charge in [0.05, 0.1) is 12.2 Å². The Hall–Kier alpha value is -2.22. The topological polar surface area (TPSA) is 61.9 Å². The molecule has 3 rings (SSSR count). The normalized spacial score (nSPS) is 18.9. The van der Waals surface area contributed by atoms with E-state index in [1.165, 1.54) is 18.6 Å². The van der Waals surface area contributed by atoms with Crippen LogP contribution in [0.2, 0.25) is 0 Å². The van der Waals surface area contributed by atoms with Crippen molar-refractivity contribution in [3.05, 3.63) is 24.3 Å². The number of anilines is 1. The molecule has 0 aliphatic carbocycles. The number of benzene rings is 1. The Morgan fingerprint density at radius 2 is 1.75 bits per heavy atom. The molecule has 1 aromatic carbocycles. The second kappa shape index (κ2) is 9.82. The Labute approximate surface area is 163 Å². The molecule has 8 heteroatoms. The van der Waals surface area contributed by atoms with Crippen LogP contribution in [0.3, 0.4) is 0 Å². The predicted octanol–water partition coefficient (Wildman–Crippen LogP) is 2.95. The van der Waals surface area contributed by atoms with Gasteiger partial charge in [-0.1, -0.05) is 12.1 Å². The summed E-state index contributed by atoms with van der Waals surface area (Å²) >= 11 is 0. The Kier molecular flexibility index (Phi) is 7.19. The minimum atomic E-state index is -2.95. The Morgan fingerprint density at radius 3 is 2.43 bits per heavy atom. The third-order valence-electron chi connectivity index (χ3n) is 5.35. The molecular formula is C20H27F2N3O3. The number of alkyl halides is 2. The number of nitrogens with zero attached hydrogens (tertiary/aromatic N) is 2. The van der Waals surface area contributed by atoms with Crippen molar-refractivity contribution in [2.24, 2.45) is 5.92 Å². The highest BCUT2D eigenvalue weighted by Crippen LogP contribution is 2.26. The molecule has 2 heterocycles. The minimum Gasteiger partial charge on any atom is -0.433 e. The van der Waals surface area contributed by atoms with E-state index >= 15 is 0 Å². The SMILES string of the molecule is O=C(CN1CCC(C(=O)N2CCCCC2)CC1)Nc1ccccc1OC(F)F. The molecule has 1 aromatic rings. The van der Waals surface area contributed by atoms with Crippen LogP contribution >= 0.6 is 0 Å². The number of para-hydroxylation sites is 2. The first-order valence-corrected chi connectivity index (χ1v) is 9.88. The van der Waals surface area contributed by atoms with Gasteiger partial charge in [0.2, 0.25) is 11.8 Å². The lowest BCUT2D eigenvalue weighted by Crippen LogP contribution is -2.45. The molecule has 0 spiro atoms. The van der Waals surface area contributed by atoms with Crippen molar-refractivity contribution in [1.29, 1.82) is 0 Å². The van der Waals surface area contributed by atoms with E-state index in [-0.39, 0.29) is 35.7 Å². The van der Waals surface area contributed by atoms with Crippen LogP contribution in [-0.2, 0) is 9.59 Å². The molecule has 2 aliphatic heterocycles. The maximum absolute atomic E-state index is 12.6. The van der Waals surface area contributed by atoms with Crippen LogP contribution in [0.15, 0.2) is 24.3 Å². The van der Waals surface area contributed by atoms with Crippen LogP contribution in [0.1, 0.15) is 32.1 Å². The summed E-state index contributed by atoms with van der Waals surface area (Å²) in [5.74, 6) is -0.0535. The van der Waals surface area contributed by atoms with E-state index in [1.54, 1.807) is 12.1 Å². The zero-order chi connectivity index (χ0) is 19.9. The van der Waals surface area contributed by atoms with E-state index in [0.717, 1.165) is 38.8 Å². The number of halogens is 2. The fourth-order valence-corrected chi connectivity index (χ4v) is 3.87. The first kappa shape index (κ1) is 20.5. The highest BCUT2D eigenvalue weighted by Gasteiger charge is 2.29. The van der Waals surface area contributed by atoms with Gasteiger partial charge in [-0.3, -0.25) is 14.5 Å². The lowest BCUT2D eigenvalue weighted by molar-refractivity contribution is -0.138. The van der Waals surface area contributed by atoms with Crippen LogP contribution in [0.25, 0.3) is 0 Å². The fourth-order valence-electron chi connectivity index (χ4n) is 3.87. The standard InChI is InChI=1S/C20H27F2N3O3/c21-20(22)28-17-7-3-2-6-16(17)23-18(26)14-24-12-8-15(9-13-24)19(27)25-10-4-1-5-11-25/h2-3,6-7,15,20H,1,4-5,8-14H2,(H,23,26). The van der Waals surface area contributed by atoms with Gasteiger partial charge in [0.15, 0.2) is 0 Å². The van der Waals surface area contributed by atoms with Gasteiger partial charge in [-0.15, -0.1) is 0 Å². The smallest absolute Gasteiger partial charge is 0.387 e. The van der Waals surface area contributed by atoms with Crippen molar-refractivity contribution in [3.8, 4) is 5.75 Å². The second-order valence-electron chi connectivity index (χ2n) is 7.36. The van der Waals surface area contributed by atoms with Crippen molar-refractivity contribution in [2.45, 2.75) is 38.7 Å². The van der Waals surface area contributed by atoms with Gasteiger partial charge in [-0.2, -0.15) is 8.78 Å². The van der Waals surface area contributed by atoms with Crippen LogP contribution in [0, 0.1) is 5.92 Å². The van der Waals surface area contributed by atoms with Gasteiger partial charge in [0.25, 0.3) is 0 Å². The summed E-state index contributed by atoms with van der Waals surface area (Å²) in [6.45, 7) is 0.283. The summed E-state index contributed by atoms with van der Waals surface area (Å²) in [6.07, 6.45) is 4.85. The summed E-state index contributed by atoms with van der Waals surface area (Å²) in [4.78, 5) is 28.9. The molecule has 0 bridgehead atoms. The summed E-state index contributed by atoms with van der Waals surface area (Å²) in [5.41, 5.74) is 0.225. The van der Waals surface area contributed by atoms with Crippen molar-refractivity contribution < 1.29 is 23.1 Å². The number of carbonyl (C=O) groups is 2. The molecule has 2 amide bonds. The van der Waals surface area contributed by atoms with E-state index in [2.05, 4.69) is 10.1 Å². The van der Waals surface area contributed by atoms with Crippen molar-refractivity contribution in [3.63, 3.8) is 0 Å². The van der Waals surface area contributed by atoms with E-state index < -0.39 is 6.61 Å². The van der Waals surface area contributed by atoms with Crippen molar-refractivity contribution in [2.75, 3.05) is 38.0 Å². The van der Waals surface area contributed by atoms with Gasteiger partial charge in [0, 0.05) is 19.0 Å². The highest BCUT2D eigenvalue weighted by molar-refractivity contribution is 5.93. The number of likely N-dealkylation sites (tertiary alicyclic amines) is 2. The molecular weight excluding hydrogens is 368 g/mol. The first-order valence-electron chi connectivity index (χ1n) is 9.88. The summed E-state index contributed by atoms with van der Waals surface area (Å²) in [5, 5.41) is 2.63. The molecule has 2 aliphatic rings. The number of hydrogen-bond donors (Lipinski definition) is 1. The summed E-state index contributed by atoms with van der Waals surface area (Å²) < 4.78 is 29.4. The number of carbonyl (C=O) groups excluding carboxylic acids is 2. The van der Waals surface area contributed by atoms with Crippen molar-refractivity contribution in [1.82, 2.24) is 9.80 Å². The molecule has 0 saturated carbocycles. The van der Waals surface area contributed by atoms with Gasteiger partial charge >= 0.3 is 6.61 Å². The number of amides is 2. The quantitative estimate of drug-likeness (QED) is 0.805. The molecule has 2 fully saturated rings. The average Bonchev–Trinajstić information content (AvgIpc) is 2.70. The van der Waals surface area contributed by atoms with E-state index in [9.17, 15) is 18.4 Å². The van der Waals surface area contributed by atoms with Gasteiger partial charge in [-0.05, 0) is 57.3 Å². The van der Waals surface area contributed by atoms with Crippen molar-refractivity contribution >= 4 is 17.5 Å². The van der Waals surface area contributed by atoms with E-state index in [4.69, 9.17) is 0 Å². The largest absolute Gasteiger partial charge is 0.433 e. The number of rotatable bonds is 6. The lowest BCUT2D eigenvalue weighted by atomic mass is 9.94. The zero-order valence-corrected chi connectivity index (χ0v) is 15.9. The monoisotopic (exact) mass is 395 g/mol. The Bertz CT molecular complexity index is 672. The lowest BCUT2D eigenvalue weighted by Gasteiger charge is -2.35. The average molecular weight is 395 g/mol. The maximum atomic E-state index is 12.6. The predicted molar refractivity (Wildman–Crippen MR) is 101 cm³/mol. The number of hydrogen-bond acceptors (Lipinski definition) is 4. The molecule has 28 heavy (non-hydrogen) atoms. The second-order valence-corrected chi connectivity index (χ2v) is 7.36. The Balaban J connectivity index is 1.46. The molecule has 0 radical (unpaired) electrons. The fraction of sp³-hybridized carbons (Fsp3) is 0.600. The summed E-state index contributed by atoms with van der Waals surface area (Å²) in [7, 11) is 0. The zero-order valence-electron chi connectivity index (χ0n) is 15.9. The molecule has 154 valence electrons. The van der Waals surface area contributed by atoms with Crippen LogP contribution in [-0.4, -0.2) is 60.9 Å². The van der Waals surface area contributed by atoms with Gasteiger partial charge < -0.3 is 15.0 Å². The third kappa shape index (κ3) is 5.64. The molecule has 0 unspecified atom stereocenters.